The third kappa shape index (κ3) is 4.98. The number of nitrogens with one attached hydrogen (secondary N) is 1. The van der Waals surface area contributed by atoms with Crippen LogP contribution >= 0.6 is 0 Å². The fraction of sp³-hybridized carbons (Fsp3) is 0.429. The molecule has 6 heteroatoms. The molecule has 0 spiro atoms. The van der Waals surface area contributed by atoms with Gasteiger partial charge in [-0.3, -0.25) is 4.99 Å². The minimum Gasteiger partial charge on any atom is -0.378 e. The fourth-order valence-electron chi connectivity index (χ4n) is 3.31. The quantitative estimate of drug-likeness (QED) is 0.650. The van der Waals surface area contributed by atoms with Gasteiger partial charge in [-0.1, -0.05) is 30.3 Å². The molecule has 0 saturated carbocycles. The molecule has 0 radical (unpaired) electrons. The summed E-state index contributed by atoms with van der Waals surface area (Å²) in [5.41, 5.74) is 3.77. The van der Waals surface area contributed by atoms with Gasteiger partial charge in [0.05, 0.1) is 13.2 Å². The summed E-state index contributed by atoms with van der Waals surface area (Å²) in [6.45, 7) is 6.91. The highest BCUT2D eigenvalue weighted by Crippen LogP contribution is 2.18. The maximum Gasteiger partial charge on any atom is 0.193 e. The van der Waals surface area contributed by atoms with Gasteiger partial charge in [0.1, 0.15) is 5.82 Å². The largest absolute Gasteiger partial charge is 0.378 e. The van der Waals surface area contributed by atoms with E-state index < -0.39 is 0 Å². The normalized spacial score (nSPS) is 14.9. The van der Waals surface area contributed by atoms with Gasteiger partial charge in [-0.15, -0.1) is 0 Å². The Morgan fingerprint density at radius 3 is 2.67 bits per heavy atom. The Labute approximate surface area is 161 Å². The lowest BCUT2D eigenvalue weighted by Gasteiger charge is -2.30. The Balaban J connectivity index is 1.65. The van der Waals surface area contributed by atoms with Crippen LogP contribution in [0.5, 0.6) is 0 Å². The van der Waals surface area contributed by atoms with Gasteiger partial charge < -0.3 is 19.9 Å². The molecule has 0 atom stereocenters. The van der Waals surface area contributed by atoms with Crippen molar-refractivity contribution >= 4 is 11.8 Å². The summed E-state index contributed by atoms with van der Waals surface area (Å²) in [7, 11) is 3.89. The van der Waals surface area contributed by atoms with Crippen molar-refractivity contribution in [2.45, 2.75) is 20.0 Å². The van der Waals surface area contributed by atoms with Gasteiger partial charge in [0, 0.05) is 52.0 Å². The van der Waals surface area contributed by atoms with Crippen LogP contribution in [0.15, 0.2) is 47.6 Å². The predicted molar refractivity (Wildman–Crippen MR) is 110 cm³/mol. The zero-order valence-electron chi connectivity index (χ0n) is 16.5. The number of aliphatic imine (C=N–C) groups is 1. The lowest BCUT2D eigenvalue weighted by molar-refractivity contribution is 0.122. The number of hydrogen-bond acceptors (Lipinski definition) is 4. The zero-order chi connectivity index (χ0) is 19.1. The third-order valence-corrected chi connectivity index (χ3v) is 4.86. The molecule has 1 saturated heterocycles. The van der Waals surface area contributed by atoms with E-state index in [4.69, 9.17) is 4.74 Å². The predicted octanol–water partition coefficient (Wildman–Crippen LogP) is 2.43. The van der Waals surface area contributed by atoms with Crippen LogP contribution in [0.4, 0.5) is 5.82 Å². The van der Waals surface area contributed by atoms with E-state index >= 15 is 0 Å². The number of hydrogen-bond donors (Lipinski definition) is 1. The Morgan fingerprint density at radius 1 is 1.19 bits per heavy atom. The summed E-state index contributed by atoms with van der Waals surface area (Å²) in [6.07, 6.45) is 1.85. The van der Waals surface area contributed by atoms with Crippen molar-refractivity contribution in [2.75, 3.05) is 45.3 Å². The third-order valence-electron chi connectivity index (χ3n) is 4.86. The molecular formula is C21H29N5O. The van der Waals surface area contributed by atoms with Crippen LogP contribution in [0.1, 0.15) is 16.7 Å². The topological polar surface area (TPSA) is 53.0 Å². The van der Waals surface area contributed by atoms with Crippen LogP contribution in [-0.4, -0.2) is 56.2 Å². The van der Waals surface area contributed by atoms with Gasteiger partial charge in [-0.05, 0) is 24.1 Å². The number of guanidine groups is 1. The van der Waals surface area contributed by atoms with E-state index in [0.717, 1.165) is 44.6 Å². The Morgan fingerprint density at radius 2 is 1.93 bits per heavy atom. The molecule has 1 aliphatic rings. The monoisotopic (exact) mass is 367 g/mol. The highest BCUT2D eigenvalue weighted by atomic mass is 16.5. The molecule has 2 aromatic rings. The number of benzene rings is 1. The van der Waals surface area contributed by atoms with Gasteiger partial charge in [-0.2, -0.15) is 0 Å². The number of morpholine rings is 1. The number of rotatable bonds is 5. The molecule has 144 valence electrons. The number of nitrogens with zero attached hydrogens (tertiary/aromatic N) is 4. The molecule has 1 aliphatic heterocycles. The summed E-state index contributed by atoms with van der Waals surface area (Å²) in [5.74, 6) is 1.90. The summed E-state index contributed by atoms with van der Waals surface area (Å²) >= 11 is 0. The van der Waals surface area contributed by atoms with Crippen LogP contribution in [0.3, 0.4) is 0 Å². The van der Waals surface area contributed by atoms with Crippen molar-refractivity contribution in [3.63, 3.8) is 0 Å². The first kappa shape index (κ1) is 19.2. The first-order valence-corrected chi connectivity index (χ1v) is 9.42. The van der Waals surface area contributed by atoms with E-state index in [1.54, 1.807) is 0 Å². The van der Waals surface area contributed by atoms with Crippen molar-refractivity contribution < 1.29 is 4.74 Å². The standard InChI is InChI=1S/C21H29N5O/c1-17-7-4-5-8-19(17)16-25(3)21(22-2)24-15-18-9-6-10-23-20(18)26-11-13-27-14-12-26/h4-10H,11-16H2,1-3H3,(H,22,24). The fourth-order valence-corrected chi connectivity index (χ4v) is 3.31. The van der Waals surface area contributed by atoms with Crippen molar-refractivity contribution in [1.82, 2.24) is 15.2 Å². The number of pyridine rings is 1. The second-order valence-electron chi connectivity index (χ2n) is 6.77. The molecule has 0 bridgehead atoms. The Kier molecular flexibility index (Phi) is 6.65. The maximum absolute atomic E-state index is 5.46. The van der Waals surface area contributed by atoms with Crippen LogP contribution in [0.2, 0.25) is 0 Å². The summed E-state index contributed by atoms with van der Waals surface area (Å²) in [6, 6.07) is 12.6. The smallest absolute Gasteiger partial charge is 0.193 e. The van der Waals surface area contributed by atoms with Crippen LogP contribution < -0.4 is 10.2 Å². The highest BCUT2D eigenvalue weighted by Gasteiger charge is 2.16. The van der Waals surface area contributed by atoms with E-state index in [2.05, 4.69) is 69.4 Å². The minimum atomic E-state index is 0.686. The van der Waals surface area contributed by atoms with E-state index in [1.165, 1.54) is 16.7 Å². The molecular weight excluding hydrogens is 338 g/mol. The number of aromatic nitrogens is 1. The van der Waals surface area contributed by atoms with Gasteiger partial charge >= 0.3 is 0 Å². The number of anilines is 1. The van der Waals surface area contributed by atoms with Gasteiger partial charge in [0.2, 0.25) is 0 Å². The summed E-state index contributed by atoms with van der Waals surface area (Å²) in [4.78, 5) is 13.5. The molecule has 0 amide bonds. The van der Waals surface area contributed by atoms with E-state index in [0.29, 0.717) is 6.54 Å². The molecule has 0 unspecified atom stereocenters. The molecule has 3 rings (SSSR count). The first-order valence-electron chi connectivity index (χ1n) is 9.42. The van der Waals surface area contributed by atoms with Crippen LogP contribution in [0.25, 0.3) is 0 Å². The average Bonchev–Trinajstić information content (AvgIpc) is 2.71. The lowest BCUT2D eigenvalue weighted by Crippen LogP contribution is -2.40. The van der Waals surface area contributed by atoms with E-state index in [9.17, 15) is 0 Å². The number of aryl methyl sites for hydroxylation is 1. The molecule has 1 fully saturated rings. The second-order valence-corrected chi connectivity index (χ2v) is 6.77. The average molecular weight is 367 g/mol. The maximum atomic E-state index is 5.46. The summed E-state index contributed by atoms with van der Waals surface area (Å²) < 4.78 is 5.46. The lowest BCUT2D eigenvalue weighted by atomic mass is 10.1. The van der Waals surface area contributed by atoms with Crippen LogP contribution in [0, 0.1) is 6.92 Å². The van der Waals surface area contributed by atoms with Gasteiger partial charge in [0.15, 0.2) is 5.96 Å². The van der Waals surface area contributed by atoms with E-state index in [1.807, 2.05) is 19.3 Å². The Bertz CT molecular complexity index is 771. The molecule has 0 aliphatic carbocycles. The zero-order valence-corrected chi connectivity index (χ0v) is 16.5. The number of ether oxygens (including phenoxy) is 1. The van der Waals surface area contributed by atoms with Crippen molar-refractivity contribution in [2.24, 2.45) is 4.99 Å². The Hall–Kier alpha value is -2.60. The molecule has 1 N–H and O–H groups in total. The SMILES string of the molecule is CN=C(NCc1cccnc1N1CCOCC1)N(C)Cc1ccccc1C. The van der Waals surface area contributed by atoms with E-state index in [-0.39, 0.29) is 0 Å². The van der Waals surface area contributed by atoms with Gasteiger partial charge in [-0.25, -0.2) is 4.98 Å². The molecule has 1 aromatic carbocycles. The molecule has 2 heterocycles. The van der Waals surface area contributed by atoms with Gasteiger partial charge in [0.25, 0.3) is 0 Å². The van der Waals surface area contributed by atoms with Crippen LogP contribution in [-0.2, 0) is 17.8 Å². The second kappa shape index (κ2) is 9.37. The van der Waals surface area contributed by atoms with Crippen molar-refractivity contribution in [3.8, 4) is 0 Å². The molecule has 27 heavy (non-hydrogen) atoms. The van der Waals surface area contributed by atoms with Crippen molar-refractivity contribution in [1.29, 1.82) is 0 Å². The van der Waals surface area contributed by atoms with Crippen molar-refractivity contribution in [3.05, 3.63) is 59.3 Å². The minimum absolute atomic E-state index is 0.686. The molecule has 1 aromatic heterocycles. The highest BCUT2D eigenvalue weighted by molar-refractivity contribution is 5.79. The molecule has 6 nitrogen and oxygen atoms in total. The summed E-state index contributed by atoms with van der Waals surface area (Å²) in [5, 5.41) is 3.48. The first-order chi connectivity index (χ1) is 13.2.